The lowest BCUT2D eigenvalue weighted by Gasteiger charge is -2.28. The van der Waals surface area contributed by atoms with Crippen LogP contribution in [0.15, 0.2) is 0 Å². The van der Waals surface area contributed by atoms with Crippen LogP contribution in [-0.2, 0) is 24.0 Å². The monoisotopic (exact) mass is 384 g/mol. The summed E-state index contributed by atoms with van der Waals surface area (Å²) in [6.45, 7) is 0.339. The molecule has 0 unspecified atom stereocenters. The van der Waals surface area contributed by atoms with Crippen molar-refractivity contribution in [3.8, 4) is 0 Å². The van der Waals surface area contributed by atoms with E-state index in [1.807, 2.05) is 0 Å². The van der Waals surface area contributed by atoms with Crippen LogP contribution in [0.4, 0.5) is 0 Å². The molecular formula is C16H24N4O7. The number of amides is 3. The lowest BCUT2D eigenvalue weighted by molar-refractivity contribution is -0.146. The summed E-state index contributed by atoms with van der Waals surface area (Å²) in [6.07, 6.45) is 1.68. The van der Waals surface area contributed by atoms with Crippen molar-refractivity contribution in [2.75, 3.05) is 19.6 Å². The standard InChI is InChI=1S/C16H24N4O7/c21-12(22)7-10(19-14(25)9-3-1-5-17-9)16(27)20-6-2-4-11(20)15(26)18-8-13(23)24/h9-11,17H,1-8H2,(H,18,26)(H,19,25)(H,21,22)(H,23,24)/t9-,10-,11-/m0/s1. The number of likely N-dealkylation sites (tertiary alicyclic amines) is 1. The highest BCUT2D eigenvalue weighted by molar-refractivity contribution is 5.95. The molecule has 0 aromatic carbocycles. The van der Waals surface area contributed by atoms with Crippen molar-refractivity contribution in [1.29, 1.82) is 0 Å². The van der Waals surface area contributed by atoms with E-state index in [4.69, 9.17) is 10.2 Å². The van der Waals surface area contributed by atoms with Gasteiger partial charge in [-0.1, -0.05) is 0 Å². The maximum atomic E-state index is 12.8. The number of rotatable bonds is 8. The number of nitrogens with zero attached hydrogens (tertiary/aromatic N) is 1. The zero-order valence-corrected chi connectivity index (χ0v) is 14.8. The predicted octanol–water partition coefficient (Wildman–Crippen LogP) is -2.11. The van der Waals surface area contributed by atoms with E-state index in [-0.39, 0.29) is 6.54 Å². The van der Waals surface area contributed by atoms with E-state index >= 15 is 0 Å². The Morgan fingerprint density at radius 3 is 2.37 bits per heavy atom. The van der Waals surface area contributed by atoms with Gasteiger partial charge in [0.25, 0.3) is 0 Å². The summed E-state index contributed by atoms with van der Waals surface area (Å²) in [5.74, 6) is -4.17. The molecule has 2 fully saturated rings. The van der Waals surface area contributed by atoms with Crippen molar-refractivity contribution in [3.63, 3.8) is 0 Å². The highest BCUT2D eigenvalue weighted by Gasteiger charge is 2.39. The van der Waals surface area contributed by atoms with Gasteiger partial charge in [0.2, 0.25) is 17.7 Å². The maximum absolute atomic E-state index is 12.8. The maximum Gasteiger partial charge on any atom is 0.322 e. The Balaban J connectivity index is 2.05. The molecule has 2 heterocycles. The second-order valence-corrected chi connectivity index (χ2v) is 6.61. The van der Waals surface area contributed by atoms with Gasteiger partial charge in [-0.25, -0.2) is 0 Å². The summed E-state index contributed by atoms with van der Waals surface area (Å²) in [5, 5.41) is 25.4. The van der Waals surface area contributed by atoms with Crippen LogP contribution in [0, 0.1) is 0 Å². The molecule has 0 saturated carbocycles. The average Bonchev–Trinajstić information content (AvgIpc) is 3.29. The van der Waals surface area contributed by atoms with Gasteiger partial charge in [0.05, 0.1) is 12.5 Å². The topological polar surface area (TPSA) is 165 Å². The van der Waals surface area contributed by atoms with Crippen molar-refractivity contribution in [3.05, 3.63) is 0 Å². The molecule has 27 heavy (non-hydrogen) atoms. The molecule has 3 amide bonds. The van der Waals surface area contributed by atoms with Gasteiger partial charge in [-0.2, -0.15) is 0 Å². The zero-order chi connectivity index (χ0) is 20.0. The highest BCUT2D eigenvalue weighted by Crippen LogP contribution is 2.19. The Morgan fingerprint density at radius 1 is 1.04 bits per heavy atom. The molecule has 2 aliphatic heterocycles. The fourth-order valence-electron chi connectivity index (χ4n) is 3.34. The molecule has 2 saturated heterocycles. The first-order valence-corrected chi connectivity index (χ1v) is 8.85. The van der Waals surface area contributed by atoms with Crippen molar-refractivity contribution < 1.29 is 34.2 Å². The molecule has 2 rings (SSSR count). The van der Waals surface area contributed by atoms with E-state index in [1.54, 1.807) is 0 Å². The third-order valence-corrected chi connectivity index (χ3v) is 4.62. The normalized spacial score (nSPS) is 22.9. The Bertz CT molecular complexity index is 618. The summed E-state index contributed by atoms with van der Waals surface area (Å²) in [4.78, 5) is 60.2. The first kappa shape index (κ1) is 20.6. The fraction of sp³-hybridized carbons (Fsp3) is 0.688. The Hall–Kier alpha value is -2.69. The smallest absolute Gasteiger partial charge is 0.322 e. The van der Waals surface area contributed by atoms with Crippen LogP contribution >= 0.6 is 0 Å². The third kappa shape index (κ3) is 5.64. The molecule has 5 N–H and O–H groups in total. The van der Waals surface area contributed by atoms with Crippen LogP contribution in [0.1, 0.15) is 32.1 Å². The Labute approximate surface area is 155 Å². The van der Waals surface area contributed by atoms with Gasteiger partial charge in [0, 0.05) is 6.54 Å². The summed E-state index contributed by atoms with van der Waals surface area (Å²) in [7, 11) is 0. The van der Waals surface area contributed by atoms with Crippen LogP contribution in [-0.4, -0.2) is 82.5 Å². The number of carboxylic acids is 2. The number of aliphatic carboxylic acids is 2. The summed E-state index contributed by atoms with van der Waals surface area (Å²) in [5.41, 5.74) is 0. The van der Waals surface area contributed by atoms with Gasteiger partial charge in [-0.3, -0.25) is 24.0 Å². The minimum absolute atomic E-state index is 0.234. The van der Waals surface area contributed by atoms with Crippen LogP contribution < -0.4 is 16.0 Å². The third-order valence-electron chi connectivity index (χ3n) is 4.62. The first-order valence-electron chi connectivity index (χ1n) is 8.85. The molecule has 11 nitrogen and oxygen atoms in total. The lowest BCUT2D eigenvalue weighted by Crippen LogP contribution is -2.56. The van der Waals surface area contributed by atoms with Crippen LogP contribution in [0.5, 0.6) is 0 Å². The van der Waals surface area contributed by atoms with E-state index in [9.17, 15) is 24.0 Å². The van der Waals surface area contributed by atoms with Gasteiger partial charge in [-0.05, 0) is 32.2 Å². The molecule has 0 radical (unpaired) electrons. The molecular weight excluding hydrogens is 360 g/mol. The van der Waals surface area contributed by atoms with Gasteiger partial charge < -0.3 is 31.1 Å². The second kappa shape index (κ2) is 9.31. The van der Waals surface area contributed by atoms with Crippen molar-refractivity contribution in [2.24, 2.45) is 0 Å². The Morgan fingerprint density at radius 2 is 1.78 bits per heavy atom. The van der Waals surface area contributed by atoms with E-state index in [0.29, 0.717) is 25.8 Å². The van der Waals surface area contributed by atoms with E-state index in [1.165, 1.54) is 4.90 Å². The second-order valence-electron chi connectivity index (χ2n) is 6.61. The van der Waals surface area contributed by atoms with Crippen LogP contribution in [0.2, 0.25) is 0 Å². The number of nitrogens with one attached hydrogen (secondary N) is 3. The lowest BCUT2D eigenvalue weighted by atomic mass is 10.1. The van der Waals surface area contributed by atoms with Gasteiger partial charge in [-0.15, -0.1) is 0 Å². The molecule has 0 bridgehead atoms. The number of carboxylic acid groups (broad SMARTS) is 2. The van der Waals surface area contributed by atoms with Crippen molar-refractivity contribution >= 4 is 29.7 Å². The van der Waals surface area contributed by atoms with Crippen LogP contribution in [0.25, 0.3) is 0 Å². The highest BCUT2D eigenvalue weighted by atomic mass is 16.4. The van der Waals surface area contributed by atoms with E-state index in [2.05, 4.69) is 16.0 Å². The summed E-state index contributed by atoms with van der Waals surface area (Å²) in [6, 6.07) is -2.64. The molecule has 0 spiro atoms. The quantitative estimate of drug-likeness (QED) is 0.317. The van der Waals surface area contributed by atoms with Gasteiger partial charge in [0.15, 0.2) is 0 Å². The number of carbonyl (C=O) groups is 5. The Kier molecular flexibility index (Phi) is 7.11. The molecule has 0 aromatic heterocycles. The largest absolute Gasteiger partial charge is 0.481 e. The minimum Gasteiger partial charge on any atom is -0.481 e. The van der Waals surface area contributed by atoms with Gasteiger partial charge in [0.1, 0.15) is 18.6 Å². The SMILES string of the molecule is O=C(O)CNC(=O)[C@@H]1CCCN1C(=O)[C@H](CC(=O)O)NC(=O)[C@@H]1CCCN1. The molecule has 0 aliphatic carbocycles. The minimum atomic E-state index is -1.29. The zero-order valence-electron chi connectivity index (χ0n) is 14.8. The fourth-order valence-corrected chi connectivity index (χ4v) is 3.34. The molecule has 3 atom stereocenters. The average molecular weight is 384 g/mol. The van der Waals surface area contributed by atoms with E-state index < -0.39 is 60.8 Å². The van der Waals surface area contributed by atoms with Crippen LogP contribution in [0.3, 0.4) is 0 Å². The van der Waals surface area contributed by atoms with Gasteiger partial charge >= 0.3 is 11.9 Å². The molecule has 0 aromatic rings. The summed E-state index contributed by atoms with van der Waals surface area (Å²) >= 11 is 0. The number of hydrogen-bond acceptors (Lipinski definition) is 6. The summed E-state index contributed by atoms with van der Waals surface area (Å²) < 4.78 is 0. The molecule has 150 valence electrons. The predicted molar refractivity (Wildman–Crippen MR) is 90.6 cm³/mol. The van der Waals surface area contributed by atoms with Crippen molar-refractivity contribution in [1.82, 2.24) is 20.9 Å². The van der Waals surface area contributed by atoms with E-state index in [0.717, 1.165) is 6.42 Å². The number of hydrogen-bond donors (Lipinski definition) is 5. The number of carbonyl (C=O) groups excluding carboxylic acids is 3. The molecule has 2 aliphatic rings. The molecule has 11 heteroatoms. The van der Waals surface area contributed by atoms with Crippen molar-refractivity contribution in [2.45, 2.75) is 50.2 Å². The first-order chi connectivity index (χ1) is 12.8.